The normalized spacial score (nSPS) is 11.9. The van der Waals surface area contributed by atoms with Gasteiger partial charge >= 0.3 is 0 Å². The molecule has 0 atom stereocenters. The van der Waals surface area contributed by atoms with Crippen molar-refractivity contribution in [2.75, 3.05) is 11.0 Å². The SMILES string of the molecule is Cn1ccc2cccc(NS(C)(=O)=O)c21. The molecule has 0 unspecified atom stereocenters. The van der Waals surface area contributed by atoms with Crippen molar-refractivity contribution in [1.82, 2.24) is 4.57 Å². The van der Waals surface area contributed by atoms with Gasteiger partial charge in [0, 0.05) is 18.6 Å². The van der Waals surface area contributed by atoms with E-state index in [-0.39, 0.29) is 0 Å². The molecule has 0 radical (unpaired) electrons. The van der Waals surface area contributed by atoms with E-state index in [1.807, 2.05) is 36.0 Å². The zero-order chi connectivity index (χ0) is 11.1. The molecule has 1 aromatic heterocycles. The van der Waals surface area contributed by atoms with Crippen LogP contribution >= 0.6 is 0 Å². The molecule has 0 bridgehead atoms. The zero-order valence-electron chi connectivity index (χ0n) is 8.56. The number of anilines is 1. The second kappa shape index (κ2) is 3.27. The minimum absolute atomic E-state index is 0.613. The van der Waals surface area contributed by atoms with Crippen LogP contribution in [-0.2, 0) is 17.1 Å². The highest BCUT2D eigenvalue weighted by Crippen LogP contribution is 2.24. The van der Waals surface area contributed by atoms with Crippen LogP contribution in [0, 0.1) is 0 Å². The van der Waals surface area contributed by atoms with Gasteiger partial charge in [0.15, 0.2) is 0 Å². The Morgan fingerprint density at radius 1 is 1.27 bits per heavy atom. The smallest absolute Gasteiger partial charge is 0.229 e. The molecule has 1 heterocycles. The fourth-order valence-electron chi connectivity index (χ4n) is 1.64. The van der Waals surface area contributed by atoms with Gasteiger partial charge in [0.1, 0.15) is 0 Å². The van der Waals surface area contributed by atoms with E-state index in [2.05, 4.69) is 4.72 Å². The quantitative estimate of drug-likeness (QED) is 0.841. The highest BCUT2D eigenvalue weighted by atomic mass is 32.2. The molecule has 0 fully saturated rings. The lowest BCUT2D eigenvalue weighted by Gasteiger charge is -2.07. The molecule has 2 rings (SSSR count). The largest absolute Gasteiger partial charge is 0.349 e. The maximum absolute atomic E-state index is 11.2. The molecule has 15 heavy (non-hydrogen) atoms. The van der Waals surface area contributed by atoms with Gasteiger partial charge in [-0.15, -0.1) is 0 Å². The Labute approximate surface area is 88.6 Å². The third-order valence-electron chi connectivity index (χ3n) is 2.19. The zero-order valence-corrected chi connectivity index (χ0v) is 9.38. The number of nitrogens with one attached hydrogen (secondary N) is 1. The predicted octanol–water partition coefficient (Wildman–Crippen LogP) is 1.55. The third kappa shape index (κ3) is 1.97. The lowest BCUT2D eigenvalue weighted by Crippen LogP contribution is -2.10. The molecular weight excluding hydrogens is 212 g/mol. The lowest BCUT2D eigenvalue weighted by molar-refractivity contribution is 0.607. The Morgan fingerprint density at radius 3 is 2.67 bits per heavy atom. The van der Waals surface area contributed by atoms with Crippen molar-refractivity contribution in [3.8, 4) is 0 Å². The van der Waals surface area contributed by atoms with Gasteiger partial charge in [-0.1, -0.05) is 12.1 Å². The molecule has 1 aromatic carbocycles. The van der Waals surface area contributed by atoms with Crippen molar-refractivity contribution in [1.29, 1.82) is 0 Å². The summed E-state index contributed by atoms with van der Waals surface area (Å²) in [4.78, 5) is 0. The highest BCUT2D eigenvalue weighted by Gasteiger charge is 2.07. The van der Waals surface area contributed by atoms with Gasteiger partial charge in [0.2, 0.25) is 10.0 Å². The van der Waals surface area contributed by atoms with Crippen LogP contribution in [0.2, 0.25) is 0 Å². The summed E-state index contributed by atoms with van der Waals surface area (Å²) in [6, 6.07) is 7.48. The minimum atomic E-state index is -3.23. The number of para-hydroxylation sites is 1. The van der Waals surface area contributed by atoms with E-state index in [4.69, 9.17) is 0 Å². The number of sulfonamides is 1. The van der Waals surface area contributed by atoms with Gasteiger partial charge < -0.3 is 4.57 Å². The van der Waals surface area contributed by atoms with E-state index in [1.54, 1.807) is 6.07 Å². The van der Waals surface area contributed by atoms with Crippen molar-refractivity contribution in [3.05, 3.63) is 30.5 Å². The van der Waals surface area contributed by atoms with Crippen molar-refractivity contribution in [3.63, 3.8) is 0 Å². The molecule has 0 saturated carbocycles. The van der Waals surface area contributed by atoms with E-state index in [0.29, 0.717) is 5.69 Å². The van der Waals surface area contributed by atoms with Crippen LogP contribution in [0.15, 0.2) is 30.5 Å². The lowest BCUT2D eigenvalue weighted by atomic mass is 10.2. The molecule has 0 saturated heterocycles. The summed E-state index contributed by atoms with van der Waals surface area (Å²) in [6.07, 6.45) is 3.05. The van der Waals surface area contributed by atoms with Crippen molar-refractivity contribution < 1.29 is 8.42 Å². The number of aromatic nitrogens is 1. The maximum Gasteiger partial charge on any atom is 0.229 e. The number of hydrogen-bond donors (Lipinski definition) is 1. The van der Waals surface area contributed by atoms with Gasteiger partial charge in [0.05, 0.1) is 17.5 Å². The summed E-state index contributed by atoms with van der Waals surface area (Å²) in [5, 5.41) is 1.02. The van der Waals surface area contributed by atoms with Crippen LogP contribution in [0.25, 0.3) is 10.9 Å². The standard InChI is InChI=1S/C10H12N2O2S/c1-12-7-6-8-4-3-5-9(10(8)12)11-15(2,13)14/h3-7,11H,1-2H3. The molecule has 0 aliphatic rings. The van der Waals surface area contributed by atoms with Crippen molar-refractivity contribution in [2.24, 2.45) is 7.05 Å². The molecule has 5 heteroatoms. The third-order valence-corrected chi connectivity index (χ3v) is 2.78. The topological polar surface area (TPSA) is 51.1 Å². The van der Waals surface area contributed by atoms with E-state index in [0.717, 1.165) is 17.2 Å². The number of nitrogens with zero attached hydrogens (tertiary/aromatic N) is 1. The number of rotatable bonds is 2. The van der Waals surface area contributed by atoms with Crippen LogP contribution in [0.5, 0.6) is 0 Å². The Hall–Kier alpha value is -1.49. The summed E-state index contributed by atoms with van der Waals surface area (Å²) < 4.78 is 26.7. The molecule has 0 aliphatic heterocycles. The first-order chi connectivity index (χ1) is 6.97. The second-order valence-electron chi connectivity index (χ2n) is 3.54. The molecule has 4 nitrogen and oxygen atoms in total. The first-order valence-corrected chi connectivity index (χ1v) is 6.38. The second-order valence-corrected chi connectivity index (χ2v) is 5.29. The Bertz CT molecular complexity index is 599. The van der Waals surface area contributed by atoms with E-state index < -0.39 is 10.0 Å². The predicted molar refractivity (Wildman–Crippen MR) is 61.4 cm³/mol. The van der Waals surface area contributed by atoms with Crippen LogP contribution in [0.3, 0.4) is 0 Å². The molecule has 2 aromatic rings. The summed E-state index contributed by atoms with van der Waals surface area (Å²) in [5.41, 5.74) is 1.51. The van der Waals surface area contributed by atoms with Crippen LogP contribution < -0.4 is 4.72 Å². The summed E-state index contributed by atoms with van der Waals surface area (Å²) in [7, 11) is -1.34. The van der Waals surface area contributed by atoms with Gasteiger partial charge in [-0.05, 0) is 12.1 Å². The molecule has 0 amide bonds. The number of fused-ring (bicyclic) bond motifs is 1. The van der Waals surface area contributed by atoms with Crippen LogP contribution in [-0.4, -0.2) is 19.2 Å². The fourth-order valence-corrected chi connectivity index (χ4v) is 2.20. The van der Waals surface area contributed by atoms with Gasteiger partial charge in [-0.25, -0.2) is 8.42 Å². The molecular formula is C10H12N2O2S. The Morgan fingerprint density at radius 2 is 2.00 bits per heavy atom. The van der Waals surface area contributed by atoms with Gasteiger partial charge in [-0.3, -0.25) is 4.72 Å². The number of aryl methyl sites for hydroxylation is 1. The van der Waals surface area contributed by atoms with Crippen molar-refractivity contribution >= 4 is 26.6 Å². The summed E-state index contributed by atoms with van der Waals surface area (Å²) >= 11 is 0. The van der Waals surface area contributed by atoms with Gasteiger partial charge in [-0.2, -0.15) is 0 Å². The van der Waals surface area contributed by atoms with E-state index >= 15 is 0 Å². The first kappa shape index (κ1) is 10.0. The first-order valence-electron chi connectivity index (χ1n) is 4.49. The molecule has 80 valence electrons. The van der Waals surface area contributed by atoms with Crippen LogP contribution in [0.1, 0.15) is 0 Å². The molecule has 1 N–H and O–H groups in total. The summed E-state index contributed by atoms with van der Waals surface area (Å²) in [5.74, 6) is 0. The van der Waals surface area contributed by atoms with E-state index in [1.165, 1.54) is 0 Å². The van der Waals surface area contributed by atoms with E-state index in [9.17, 15) is 8.42 Å². The molecule has 0 spiro atoms. The highest BCUT2D eigenvalue weighted by molar-refractivity contribution is 7.92. The number of benzene rings is 1. The van der Waals surface area contributed by atoms with Crippen LogP contribution in [0.4, 0.5) is 5.69 Å². The maximum atomic E-state index is 11.2. The average Bonchev–Trinajstić information content (AvgIpc) is 2.46. The minimum Gasteiger partial charge on any atom is -0.349 e. The Balaban J connectivity index is 2.65. The number of hydrogen-bond acceptors (Lipinski definition) is 2. The Kier molecular flexibility index (Phi) is 2.19. The average molecular weight is 224 g/mol. The van der Waals surface area contributed by atoms with Gasteiger partial charge in [0.25, 0.3) is 0 Å². The fraction of sp³-hybridized carbons (Fsp3) is 0.200. The monoisotopic (exact) mass is 224 g/mol. The molecule has 0 aliphatic carbocycles. The summed E-state index contributed by atoms with van der Waals surface area (Å²) in [6.45, 7) is 0. The van der Waals surface area contributed by atoms with Crippen molar-refractivity contribution in [2.45, 2.75) is 0 Å².